The van der Waals surface area contributed by atoms with Gasteiger partial charge < -0.3 is 10.1 Å². The molecule has 0 fully saturated rings. The first kappa shape index (κ1) is 15.0. The molecule has 0 saturated heterocycles. The van der Waals surface area contributed by atoms with E-state index in [2.05, 4.69) is 5.32 Å². The molecule has 15 heavy (non-hydrogen) atoms. The SMILES string of the molecule is CNC(COC)CS(=O)CCS(C)(=O)=O. The summed E-state index contributed by atoms with van der Waals surface area (Å²) < 4.78 is 38.1. The Morgan fingerprint density at radius 3 is 2.47 bits per heavy atom. The standard InChI is InChI=1S/C8H19NO4S2/c1-9-8(6-13-2)7-14(10)4-5-15(3,11)12/h8-9H,4-7H2,1-3H3. The summed E-state index contributed by atoms with van der Waals surface area (Å²) in [7, 11) is -0.804. The quantitative estimate of drug-likeness (QED) is 0.605. The van der Waals surface area contributed by atoms with Crippen molar-refractivity contribution in [2.24, 2.45) is 0 Å². The van der Waals surface area contributed by atoms with Crippen molar-refractivity contribution in [3.63, 3.8) is 0 Å². The third kappa shape index (κ3) is 8.98. The van der Waals surface area contributed by atoms with Crippen LogP contribution in [0.5, 0.6) is 0 Å². The predicted molar refractivity (Wildman–Crippen MR) is 62.3 cm³/mol. The first-order valence-electron chi connectivity index (χ1n) is 4.58. The highest BCUT2D eigenvalue weighted by Crippen LogP contribution is 1.93. The van der Waals surface area contributed by atoms with Crippen LogP contribution in [0.4, 0.5) is 0 Å². The van der Waals surface area contributed by atoms with Crippen molar-refractivity contribution in [1.82, 2.24) is 5.32 Å². The Kier molecular flexibility index (Phi) is 7.33. The van der Waals surface area contributed by atoms with Crippen LogP contribution in [0.2, 0.25) is 0 Å². The monoisotopic (exact) mass is 257 g/mol. The Balaban J connectivity index is 3.91. The highest BCUT2D eigenvalue weighted by atomic mass is 32.2. The second kappa shape index (κ2) is 7.32. The van der Waals surface area contributed by atoms with E-state index in [1.807, 2.05) is 0 Å². The van der Waals surface area contributed by atoms with Gasteiger partial charge in [-0.1, -0.05) is 0 Å². The molecule has 0 rings (SSSR count). The third-order valence-corrected chi connectivity index (χ3v) is 4.48. The lowest BCUT2D eigenvalue weighted by Crippen LogP contribution is -2.36. The van der Waals surface area contributed by atoms with Crippen molar-refractivity contribution in [3.8, 4) is 0 Å². The maximum absolute atomic E-state index is 11.5. The van der Waals surface area contributed by atoms with Crippen molar-refractivity contribution in [2.45, 2.75) is 6.04 Å². The van der Waals surface area contributed by atoms with Crippen LogP contribution in [0.1, 0.15) is 0 Å². The minimum absolute atomic E-state index is 0.00962. The number of ether oxygens (including phenoxy) is 1. The van der Waals surface area contributed by atoms with Crippen molar-refractivity contribution in [1.29, 1.82) is 0 Å². The topological polar surface area (TPSA) is 72.5 Å². The molecular formula is C8H19NO4S2. The van der Waals surface area contributed by atoms with Crippen LogP contribution in [0, 0.1) is 0 Å². The Morgan fingerprint density at radius 1 is 1.47 bits per heavy atom. The van der Waals surface area contributed by atoms with Gasteiger partial charge in [0, 0.05) is 41.7 Å². The van der Waals surface area contributed by atoms with E-state index in [4.69, 9.17) is 4.74 Å². The fraction of sp³-hybridized carbons (Fsp3) is 1.00. The first-order valence-corrected chi connectivity index (χ1v) is 8.12. The summed E-state index contributed by atoms with van der Waals surface area (Å²) in [6.45, 7) is 0.473. The van der Waals surface area contributed by atoms with E-state index in [0.29, 0.717) is 12.4 Å². The van der Waals surface area contributed by atoms with Crippen molar-refractivity contribution in [3.05, 3.63) is 0 Å². The number of sulfone groups is 1. The van der Waals surface area contributed by atoms with Crippen LogP contribution in [0.25, 0.3) is 0 Å². The molecule has 0 aliphatic rings. The number of hydrogen-bond donors (Lipinski definition) is 1. The fourth-order valence-corrected chi connectivity index (χ4v) is 3.80. The molecule has 0 spiro atoms. The highest BCUT2D eigenvalue weighted by molar-refractivity contribution is 7.92. The van der Waals surface area contributed by atoms with Gasteiger partial charge in [0.1, 0.15) is 9.84 Å². The van der Waals surface area contributed by atoms with E-state index in [0.717, 1.165) is 6.26 Å². The average molecular weight is 257 g/mol. The lowest BCUT2D eigenvalue weighted by molar-refractivity contribution is 0.176. The summed E-state index contributed by atoms with van der Waals surface area (Å²) in [5.41, 5.74) is 0. The van der Waals surface area contributed by atoms with Gasteiger partial charge in [0.2, 0.25) is 0 Å². The van der Waals surface area contributed by atoms with Gasteiger partial charge in [0.25, 0.3) is 0 Å². The summed E-state index contributed by atoms with van der Waals surface area (Å²) in [4.78, 5) is 0. The Labute approximate surface area is 94.0 Å². The Hall–Kier alpha value is 0.0200. The van der Waals surface area contributed by atoms with Crippen molar-refractivity contribution >= 4 is 20.6 Å². The van der Waals surface area contributed by atoms with E-state index in [-0.39, 0.29) is 17.5 Å². The van der Waals surface area contributed by atoms with Gasteiger partial charge in [-0.3, -0.25) is 4.21 Å². The normalized spacial score (nSPS) is 16.2. The number of rotatable bonds is 8. The summed E-state index contributed by atoms with van der Waals surface area (Å²) in [5.74, 6) is 0.587. The van der Waals surface area contributed by atoms with E-state index in [1.165, 1.54) is 0 Å². The Bertz CT molecular complexity index is 289. The van der Waals surface area contributed by atoms with Crippen LogP contribution in [0.3, 0.4) is 0 Å². The lowest BCUT2D eigenvalue weighted by Gasteiger charge is -2.14. The molecule has 92 valence electrons. The summed E-state index contributed by atoms with van der Waals surface area (Å²) in [6, 6.07) is 0.00962. The van der Waals surface area contributed by atoms with Gasteiger partial charge in [-0.15, -0.1) is 0 Å². The number of hydrogen-bond acceptors (Lipinski definition) is 5. The van der Waals surface area contributed by atoms with E-state index in [9.17, 15) is 12.6 Å². The number of methoxy groups -OCH3 is 1. The maximum Gasteiger partial charge on any atom is 0.148 e. The van der Waals surface area contributed by atoms with Gasteiger partial charge in [-0.25, -0.2) is 8.42 Å². The minimum atomic E-state index is -3.02. The average Bonchev–Trinajstić information content (AvgIpc) is 2.13. The van der Waals surface area contributed by atoms with Crippen LogP contribution in [-0.2, 0) is 25.4 Å². The maximum atomic E-state index is 11.5. The Morgan fingerprint density at radius 2 is 2.07 bits per heavy atom. The van der Waals surface area contributed by atoms with Gasteiger partial charge in [-0.05, 0) is 7.05 Å². The number of likely N-dealkylation sites (N-methyl/N-ethyl adjacent to an activating group) is 1. The molecule has 0 aromatic carbocycles. The van der Waals surface area contributed by atoms with Crippen molar-refractivity contribution in [2.75, 3.05) is 44.3 Å². The summed E-state index contributed by atoms with van der Waals surface area (Å²) in [6.07, 6.45) is 1.15. The molecule has 0 bridgehead atoms. The lowest BCUT2D eigenvalue weighted by atomic mass is 10.4. The molecule has 0 radical (unpaired) electrons. The zero-order chi connectivity index (χ0) is 11.9. The molecule has 0 aliphatic heterocycles. The first-order chi connectivity index (χ1) is 6.89. The zero-order valence-corrected chi connectivity index (χ0v) is 11.0. The summed E-state index contributed by atoms with van der Waals surface area (Å²) >= 11 is 0. The molecule has 0 aromatic rings. The van der Waals surface area contributed by atoms with Gasteiger partial charge in [0.15, 0.2) is 0 Å². The van der Waals surface area contributed by atoms with E-state index < -0.39 is 20.6 Å². The van der Waals surface area contributed by atoms with Crippen LogP contribution in [0.15, 0.2) is 0 Å². The van der Waals surface area contributed by atoms with Gasteiger partial charge in [0.05, 0.1) is 12.4 Å². The molecule has 0 saturated carbocycles. The van der Waals surface area contributed by atoms with E-state index in [1.54, 1.807) is 14.2 Å². The third-order valence-electron chi connectivity index (χ3n) is 1.84. The second-order valence-corrected chi connectivity index (χ2v) is 7.26. The molecule has 2 atom stereocenters. The molecule has 0 aliphatic carbocycles. The van der Waals surface area contributed by atoms with Crippen molar-refractivity contribution < 1.29 is 17.4 Å². The number of nitrogens with one attached hydrogen (secondary N) is 1. The molecule has 1 N–H and O–H groups in total. The smallest absolute Gasteiger partial charge is 0.148 e. The van der Waals surface area contributed by atoms with Gasteiger partial charge in [-0.2, -0.15) is 0 Å². The second-order valence-electron chi connectivity index (χ2n) is 3.38. The molecule has 0 amide bonds. The van der Waals surface area contributed by atoms with Crippen LogP contribution in [-0.4, -0.2) is 62.9 Å². The molecular weight excluding hydrogens is 238 g/mol. The largest absolute Gasteiger partial charge is 0.383 e. The molecule has 2 unspecified atom stereocenters. The minimum Gasteiger partial charge on any atom is -0.383 e. The van der Waals surface area contributed by atoms with E-state index >= 15 is 0 Å². The molecule has 0 aromatic heterocycles. The molecule has 0 heterocycles. The zero-order valence-electron chi connectivity index (χ0n) is 9.36. The summed E-state index contributed by atoms with van der Waals surface area (Å²) in [5, 5.41) is 2.96. The van der Waals surface area contributed by atoms with Gasteiger partial charge >= 0.3 is 0 Å². The predicted octanol–water partition coefficient (Wildman–Crippen LogP) is -0.986. The molecule has 7 heteroatoms. The fourth-order valence-electron chi connectivity index (χ4n) is 0.968. The molecule has 5 nitrogen and oxygen atoms in total. The van der Waals surface area contributed by atoms with Crippen LogP contribution < -0.4 is 5.32 Å². The van der Waals surface area contributed by atoms with Crippen LogP contribution >= 0.6 is 0 Å². The highest BCUT2D eigenvalue weighted by Gasteiger charge is 2.12.